The maximum absolute atomic E-state index is 13.2. The van der Waals surface area contributed by atoms with Crippen molar-refractivity contribution in [2.45, 2.75) is 65.5 Å². The summed E-state index contributed by atoms with van der Waals surface area (Å²) in [6.45, 7) is 12.3. The Morgan fingerprint density at radius 2 is 1.66 bits per heavy atom. The van der Waals surface area contributed by atoms with Crippen LogP contribution in [0.4, 0.5) is 13.2 Å². The minimum absolute atomic E-state index is 0.201. The number of ether oxygens (including phenoxy) is 1. The monoisotopic (exact) mass is 487 g/mol. The molecule has 4 nitrogen and oxygen atoms in total. The zero-order valence-electron chi connectivity index (χ0n) is 21.1. The summed E-state index contributed by atoms with van der Waals surface area (Å²) in [5, 5.41) is 9.90. The number of hydrogen-bond donors (Lipinski definition) is 2. The summed E-state index contributed by atoms with van der Waals surface area (Å²) < 4.78 is 45.2. The molecule has 0 aliphatic heterocycles. The number of benzene rings is 2. The Hall–Kier alpha value is -3.22. The van der Waals surface area contributed by atoms with Crippen LogP contribution in [0, 0.1) is 0 Å². The molecule has 1 heterocycles. The van der Waals surface area contributed by atoms with Crippen molar-refractivity contribution in [2.75, 3.05) is 6.61 Å². The van der Waals surface area contributed by atoms with Crippen molar-refractivity contribution < 1.29 is 27.8 Å². The van der Waals surface area contributed by atoms with E-state index in [0.717, 1.165) is 22.5 Å². The first-order valence-corrected chi connectivity index (χ1v) is 11.4. The van der Waals surface area contributed by atoms with E-state index in [1.807, 2.05) is 51.1 Å². The van der Waals surface area contributed by atoms with Gasteiger partial charge in [0.1, 0.15) is 5.75 Å². The molecule has 1 aromatic heterocycles. The van der Waals surface area contributed by atoms with Gasteiger partial charge >= 0.3 is 12.1 Å². The maximum Gasteiger partial charge on any atom is 0.422 e. The van der Waals surface area contributed by atoms with Crippen molar-refractivity contribution >= 4 is 22.4 Å². The third kappa shape index (κ3) is 6.08. The fraction of sp³-hybridized carbons (Fsp3) is 0.393. The Balaban J connectivity index is 2.36. The number of rotatable bonds is 5. The summed E-state index contributed by atoms with van der Waals surface area (Å²) in [4.78, 5) is 14.4. The molecule has 0 fully saturated rings. The first-order chi connectivity index (χ1) is 16.0. The van der Waals surface area contributed by atoms with Crippen molar-refractivity contribution in [1.82, 2.24) is 4.98 Å². The summed E-state index contributed by atoms with van der Waals surface area (Å²) in [5.41, 5.74) is 4.26. The van der Waals surface area contributed by atoms with E-state index in [1.54, 1.807) is 13.1 Å². The first-order valence-electron chi connectivity index (χ1n) is 11.4. The molecule has 0 amide bonds. The predicted molar refractivity (Wildman–Crippen MR) is 134 cm³/mol. The largest absolute Gasteiger partial charge is 0.483 e. The fourth-order valence-corrected chi connectivity index (χ4v) is 3.99. The number of alkyl halides is 3. The molecule has 0 radical (unpaired) electrons. The van der Waals surface area contributed by atoms with E-state index in [4.69, 9.17) is 9.84 Å². The van der Waals surface area contributed by atoms with Gasteiger partial charge in [-0.25, -0.2) is 4.79 Å². The van der Waals surface area contributed by atoms with Crippen LogP contribution in [0.2, 0.25) is 0 Å². The highest BCUT2D eigenvalue weighted by Gasteiger charge is 2.32. The number of aliphatic carboxylic acids is 1. The van der Waals surface area contributed by atoms with Crippen LogP contribution in [0.25, 0.3) is 27.6 Å². The summed E-state index contributed by atoms with van der Waals surface area (Å²) in [6, 6.07) is 9.34. The van der Waals surface area contributed by atoms with Gasteiger partial charge in [0.15, 0.2) is 6.61 Å². The molecule has 0 atom stereocenters. The van der Waals surface area contributed by atoms with Crippen molar-refractivity contribution in [2.24, 2.45) is 0 Å². The van der Waals surface area contributed by atoms with E-state index in [2.05, 4.69) is 25.8 Å². The summed E-state index contributed by atoms with van der Waals surface area (Å²) >= 11 is 0. The van der Waals surface area contributed by atoms with E-state index in [1.165, 1.54) is 0 Å². The standard InChI is InChI=1S/C28H32F3NO3/c1-16(10-24(33)34)17-8-9-23-19(11-17)21(14-32-23)20-12-18(26(2,3)4)13-22(27(5,6)7)25(20)35-15-28(29,30)31/h8-14,32H,15H2,1-7H3,(H,33,34)/b16-10-. The molecule has 7 heteroatoms. The second-order valence-corrected chi connectivity index (χ2v) is 10.9. The molecule has 0 saturated heterocycles. The summed E-state index contributed by atoms with van der Waals surface area (Å²) in [5.74, 6) is -0.848. The number of hydrogen-bond acceptors (Lipinski definition) is 2. The quantitative estimate of drug-likeness (QED) is 0.360. The van der Waals surface area contributed by atoms with Gasteiger partial charge in [0.05, 0.1) is 0 Å². The van der Waals surface area contributed by atoms with Crippen molar-refractivity contribution in [1.29, 1.82) is 0 Å². The number of carboxylic acid groups (broad SMARTS) is 1. The van der Waals surface area contributed by atoms with E-state index < -0.39 is 24.2 Å². The Bertz CT molecular complexity index is 1290. The minimum atomic E-state index is -4.48. The molecular formula is C28H32F3NO3. The molecule has 188 valence electrons. The van der Waals surface area contributed by atoms with E-state index in [-0.39, 0.29) is 11.2 Å². The average Bonchev–Trinajstić information content (AvgIpc) is 3.12. The molecule has 0 spiro atoms. The Morgan fingerprint density at radius 1 is 1.00 bits per heavy atom. The first kappa shape index (κ1) is 26.4. The van der Waals surface area contributed by atoms with E-state index >= 15 is 0 Å². The van der Waals surface area contributed by atoms with Crippen molar-refractivity contribution in [3.63, 3.8) is 0 Å². The van der Waals surface area contributed by atoms with E-state index in [0.29, 0.717) is 27.8 Å². The van der Waals surface area contributed by atoms with Gasteiger partial charge in [0.25, 0.3) is 0 Å². The molecule has 3 aromatic rings. The second kappa shape index (κ2) is 9.10. The summed E-state index contributed by atoms with van der Waals surface area (Å²) in [6.07, 6.45) is -1.59. The van der Waals surface area contributed by atoms with E-state index in [9.17, 15) is 18.0 Å². The van der Waals surface area contributed by atoms with Crippen LogP contribution in [0.3, 0.4) is 0 Å². The van der Waals surface area contributed by atoms with Gasteiger partial charge in [0.2, 0.25) is 0 Å². The van der Waals surface area contributed by atoms with Crippen LogP contribution in [0.15, 0.2) is 42.6 Å². The molecular weight excluding hydrogens is 455 g/mol. The lowest BCUT2D eigenvalue weighted by Crippen LogP contribution is -2.23. The minimum Gasteiger partial charge on any atom is -0.483 e. The second-order valence-electron chi connectivity index (χ2n) is 10.9. The number of carbonyl (C=O) groups is 1. The van der Waals surface area contributed by atoms with Gasteiger partial charge in [-0.05, 0) is 52.7 Å². The van der Waals surface area contributed by atoms with Gasteiger partial charge in [-0.2, -0.15) is 13.2 Å². The average molecular weight is 488 g/mol. The molecule has 0 aliphatic carbocycles. The number of aromatic nitrogens is 1. The highest BCUT2D eigenvalue weighted by atomic mass is 19.4. The number of halogens is 3. The lowest BCUT2D eigenvalue weighted by atomic mass is 9.78. The van der Waals surface area contributed by atoms with Crippen molar-refractivity contribution in [3.05, 3.63) is 59.3 Å². The normalized spacial score (nSPS) is 13.4. The number of aromatic amines is 1. The summed E-state index contributed by atoms with van der Waals surface area (Å²) in [7, 11) is 0. The predicted octanol–water partition coefficient (Wildman–Crippen LogP) is 7.86. The van der Waals surface area contributed by atoms with Gasteiger partial charge in [-0.3, -0.25) is 0 Å². The molecule has 2 N–H and O–H groups in total. The number of allylic oxidation sites excluding steroid dienone is 1. The molecule has 0 aliphatic rings. The molecule has 2 aromatic carbocycles. The molecule has 0 bridgehead atoms. The zero-order chi connectivity index (χ0) is 26.3. The smallest absolute Gasteiger partial charge is 0.422 e. The third-order valence-electron chi connectivity index (χ3n) is 5.91. The van der Waals surface area contributed by atoms with Crippen LogP contribution in [0.1, 0.15) is 65.2 Å². The SMILES string of the molecule is C/C(=C/C(=O)O)c1ccc2[nH]cc(-c3cc(C(C)(C)C)cc(C(C)(C)C)c3OCC(F)(F)F)c2c1. The lowest BCUT2D eigenvalue weighted by molar-refractivity contribution is -0.153. The molecule has 0 saturated carbocycles. The number of carboxylic acids is 1. The third-order valence-corrected chi connectivity index (χ3v) is 5.91. The topological polar surface area (TPSA) is 62.3 Å². The Kier molecular flexibility index (Phi) is 6.86. The van der Waals surface area contributed by atoms with Gasteiger partial charge in [-0.15, -0.1) is 0 Å². The Morgan fingerprint density at radius 3 is 2.20 bits per heavy atom. The molecule has 35 heavy (non-hydrogen) atoms. The van der Waals surface area contributed by atoms with Crippen LogP contribution >= 0.6 is 0 Å². The highest BCUT2D eigenvalue weighted by molar-refractivity contribution is 6.00. The zero-order valence-corrected chi connectivity index (χ0v) is 21.1. The van der Waals surface area contributed by atoms with Gasteiger partial charge in [0, 0.05) is 39.9 Å². The number of nitrogens with one attached hydrogen (secondary N) is 1. The van der Waals surface area contributed by atoms with Gasteiger partial charge < -0.3 is 14.8 Å². The maximum atomic E-state index is 13.2. The fourth-order valence-electron chi connectivity index (χ4n) is 3.99. The molecule has 0 unspecified atom stereocenters. The van der Waals surface area contributed by atoms with Crippen LogP contribution in [-0.2, 0) is 15.6 Å². The molecule has 3 rings (SSSR count). The van der Waals surface area contributed by atoms with Crippen LogP contribution in [-0.4, -0.2) is 28.8 Å². The number of fused-ring (bicyclic) bond motifs is 1. The van der Waals surface area contributed by atoms with Crippen LogP contribution < -0.4 is 4.74 Å². The highest BCUT2D eigenvalue weighted by Crippen LogP contribution is 2.45. The van der Waals surface area contributed by atoms with Crippen molar-refractivity contribution in [3.8, 4) is 16.9 Å². The number of H-pyrrole nitrogens is 1. The van der Waals surface area contributed by atoms with Crippen LogP contribution in [0.5, 0.6) is 5.75 Å². The lowest BCUT2D eigenvalue weighted by Gasteiger charge is -2.29. The van der Waals surface area contributed by atoms with Gasteiger partial charge in [-0.1, -0.05) is 53.7 Å². The Labute approximate surface area is 203 Å².